The number of rotatable bonds is 1. The van der Waals surface area contributed by atoms with Crippen molar-refractivity contribution in [2.24, 2.45) is 0 Å². The molecule has 0 bridgehead atoms. The number of nitrogens with one attached hydrogen (secondary N) is 1. The highest BCUT2D eigenvalue weighted by atomic mass is 16.2. The minimum atomic E-state index is -0.0690. The average molecular weight is 252 g/mol. The minimum Gasteiger partial charge on any atom is -0.327 e. The maximum Gasteiger partial charge on any atom is 0.322 e. The van der Waals surface area contributed by atoms with Gasteiger partial charge in [-0.1, -0.05) is 48.0 Å². The van der Waals surface area contributed by atoms with Gasteiger partial charge in [-0.3, -0.25) is 4.90 Å². The molecule has 2 aromatic carbocycles. The number of carbonyl (C=O) groups is 1. The van der Waals surface area contributed by atoms with E-state index in [1.807, 2.05) is 18.2 Å². The first-order valence-electron chi connectivity index (χ1n) is 6.36. The van der Waals surface area contributed by atoms with Gasteiger partial charge in [0.15, 0.2) is 0 Å². The molecule has 1 aliphatic rings. The normalized spacial score (nSPS) is 17.9. The molecule has 0 saturated heterocycles. The van der Waals surface area contributed by atoms with Gasteiger partial charge in [-0.05, 0) is 18.6 Å². The maximum atomic E-state index is 12.0. The summed E-state index contributed by atoms with van der Waals surface area (Å²) in [5.74, 6) is 0. The summed E-state index contributed by atoms with van der Waals surface area (Å²) in [6.45, 7) is 2.06. The van der Waals surface area contributed by atoms with E-state index in [2.05, 4.69) is 42.6 Å². The Labute approximate surface area is 112 Å². The molecule has 0 aliphatic carbocycles. The van der Waals surface area contributed by atoms with Crippen molar-refractivity contribution in [2.45, 2.75) is 13.0 Å². The van der Waals surface area contributed by atoms with Crippen LogP contribution in [0.15, 0.2) is 48.5 Å². The van der Waals surface area contributed by atoms with Crippen LogP contribution in [-0.4, -0.2) is 13.1 Å². The Balaban J connectivity index is 2.10. The van der Waals surface area contributed by atoms with Gasteiger partial charge in [0.05, 0.1) is 11.7 Å². The Kier molecular flexibility index (Phi) is 2.75. The Hall–Kier alpha value is -2.29. The van der Waals surface area contributed by atoms with Crippen LogP contribution in [0, 0.1) is 6.92 Å². The highest BCUT2D eigenvalue weighted by Gasteiger charge is 2.28. The molecule has 3 rings (SSSR count). The van der Waals surface area contributed by atoms with Crippen LogP contribution < -0.4 is 10.2 Å². The SMILES string of the molecule is Cc1ccc(C2NC(=O)N(C)c3ccccc32)cc1. The predicted molar refractivity (Wildman–Crippen MR) is 76.4 cm³/mol. The lowest BCUT2D eigenvalue weighted by molar-refractivity contribution is 0.244. The summed E-state index contributed by atoms with van der Waals surface area (Å²) in [6, 6.07) is 16.2. The van der Waals surface area contributed by atoms with Crippen LogP contribution in [-0.2, 0) is 0 Å². The quantitative estimate of drug-likeness (QED) is 0.830. The molecule has 0 fully saturated rings. The third kappa shape index (κ3) is 1.97. The standard InChI is InChI=1S/C16H16N2O/c1-11-7-9-12(10-8-11)15-13-5-3-4-6-14(13)18(2)16(19)17-15/h3-10,15H,1-2H3,(H,17,19). The van der Waals surface area contributed by atoms with Crippen molar-refractivity contribution in [3.05, 3.63) is 65.2 Å². The molecule has 19 heavy (non-hydrogen) atoms. The zero-order valence-corrected chi connectivity index (χ0v) is 11.1. The van der Waals surface area contributed by atoms with Crippen LogP contribution in [0.3, 0.4) is 0 Å². The molecule has 0 saturated carbocycles. The predicted octanol–water partition coefficient (Wildman–Crippen LogP) is 3.24. The van der Waals surface area contributed by atoms with E-state index in [-0.39, 0.29) is 12.1 Å². The largest absolute Gasteiger partial charge is 0.327 e. The molecule has 1 N–H and O–H groups in total. The van der Waals surface area contributed by atoms with Crippen molar-refractivity contribution in [3.8, 4) is 0 Å². The third-order valence-corrected chi connectivity index (χ3v) is 3.59. The van der Waals surface area contributed by atoms with Gasteiger partial charge >= 0.3 is 6.03 Å². The number of hydrogen-bond acceptors (Lipinski definition) is 1. The van der Waals surface area contributed by atoms with E-state index < -0.39 is 0 Å². The van der Waals surface area contributed by atoms with E-state index in [1.54, 1.807) is 11.9 Å². The molecule has 2 aromatic rings. The van der Waals surface area contributed by atoms with Crippen LogP contribution in [0.1, 0.15) is 22.7 Å². The van der Waals surface area contributed by atoms with Crippen LogP contribution in [0.25, 0.3) is 0 Å². The third-order valence-electron chi connectivity index (χ3n) is 3.59. The Morgan fingerprint density at radius 1 is 1.05 bits per heavy atom. The van der Waals surface area contributed by atoms with Gasteiger partial charge in [-0.15, -0.1) is 0 Å². The van der Waals surface area contributed by atoms with Crippen molar-refractivity contribution in [2.75, 3.05) is 11.9 Å². The average Bonchev–Trinajstić information content (AvgIpc) is 2.44. The van der Waals surface area contributed by atoms with E-state index in [4.69, 9.17) is 0 Å². The lowest BCUT2D eigenvalue weighted by Gasteiger charge is -2.33. The molecule has 0 aromatic heterocycles. The molecule has 1 atom stereocenters. The number of fused-ring (bicyclic) bond motifs is 1. The molecule has 0 radical (unpaired) electrons. The van der Waals surface area contributed by atoms with Gasteiger partial charge in [-0.25, -0.2) is 4.79 Å². The fourth-order valence-corrected chi connectivity index (χ4v) is 2.47. The number of hydrogen-bond donors (Lipinski definition) is 1. The van der Waals surface area contributed by atoms with Crippen molar-refractivity contribution < 1.29 is 4.79 Å². The topological polar surface area (TPSA) is 32.3 Å². The molecule has 1 aliphatic heterocycles. The second kappa shape index (κ2) is 4.43. The number of para-hydroxylation sites is 1. The number of nitrogens with zero attached hydrogens (tertiary/aromatic N) is 1. The van der Waals surface area contributed by atoms with Crippen LogP contribution >= 0.6 is 0 Å². The molecule has 3 nitrogen and oxygen atoms in total. The summed E-state index contributed by atoms with van der Waals surface area (Å²) in [5.41, 5.74) is 4.43. The van der Waals surface area contributed by atoms with Gasteiger partial charge < -0.3 is 5.32 Å². The van der Waals surface area contributed by atoms with Crippen molar-refractivity contribution in [1.29, 1.82) is 0 Å². The molecule has 0 spiro atoms. The molecule has 96 valence electrons. The van der Waals surface area contributed by atoms with Crippen LogP contribution in [0.2, 0.25) is 0 Å². The number of urea groups is 1. The Morgan fingerprint density at radius 3 is 2.47 bits per heavy atom. The summed E-state index contributed by atoms with van der Waals surface area (Å²) in [4.78, 5) is 13.7. The summed E-state index contributed by atoms with van der Waals surface area (Å²) >= 11 is 0. The number of amides is 2. The van der Waals surface area contributed by atoms with Crippen LogP contribution in [0.5, 0.6) is 0 Å². The lowest BCUT2D eigenvalue weighted by atomic mass is 9.94. The molecule has 1 heterocycles. The molecule has 2 amide bonds. The summed E-state index contributed by atoms with van der Waals surface area (Å²) in [5, 5.41) is 3.05. The first-order chi connectivity index (χ1) is 9.16. The Morgan fingerprint density at radius 2 is 1.74 bits per heavy atom. The van der Waals surface area contributed by atoms with Crippen molar-refractivity contribution in [3.63, 3.8) is 0 Å². The summed E-state index contributed by atoms with van der Waals surface area (Å²) in [7, 11) is 1.79. The second-order valence-corrected chi connectivity index (χ2v) is 4.91. The second-order valence-electron chi connectivity index (χ2n) is 4.91. The van der Waals surface area contributed by atoms with E-state index in [9.17, 15) is 4.79 Å². The fraction of sp³-hybridized carbons (Fsp3) is 0.188. The smallest absolute Gasteiger partial charge is 0.322 e. The van der Waals surface area contributed by atoms with Crippen molar-refractivity contribution >= 4 is 11.7 Å². The monoisotopic (exact) mass is 252 g/mol. The van der Waals surface area contributed by atoms with Crippen molar-refractivity contribution in [1.82, 2.24) is 5.32 Å². The summed E-state index contributed by atoms with van der Waals surface area (Å²) in [6.07, 6.45) is 0. The number of anilines is 1. The zero-order chi connectivity index (χ0) is 13.4. The van der Waals surface area contributed by atoms with Gasteiger partial charge in [0.1, 0.15) is 0 Å². The van der Waals surface area contributed by atoms with Gasteiger partial charge in [0.25, 0.3) is 0 Å². The maximum absolute atomic E-state index is 12.0. The number of aryl methyl sites for hydroxylation is 1. The number of benzene rings is 2. The van der Waals surface area contributed by atoms with Gasteiger partial charge in [0, 0.05) is 12.6 Å². The first kappa shape index (κ1) is 11.8. The fourth-order valence-electron chi connectivity index (χ4n) is 2.47. The molecule has 1 unspecified atom stereocenters. The highest BCUT2D eigenvalue weighted by Crippen LogP contribution is 2.33. The summed E-state index contributed by atoms with van der Waals surface area (Å²) < 4.78 is 0. The zero-order valence-electron chi connectivity index (χ0n) is 11.1. The Bertz CT molecular complexity index is 619. The minimum absolute atomic E-state index is 0.0655. The number of carbonyl (C=O) groups excluding carboxylic acids is 1. The highest BCUT2D eigenvalue weighted by molar-refractivity contribution is 5.95. The van der Waals surface area contributed by atoms with Crippen LogP contribution in [0.4, 0.5) is 10.5 Å². The van der Waals surface area contributed by atoms with Gasteiger partial charge in [-0.2, -0.15) is 0 Å². The van der Waals surface area contributed by atoms with E-state index in [0.29, 0.717) is 0 Å². The molecule has 3 heteroatoms. The molecular weight excluding hydrogens is 236 g/mol. The van der Waals surface area contributed by atoms with Gasteiger partial charge in [0.2, 0.25) is 0 Å². The molecular formula is C16H16N2O. The lowest BCUT2D eigenvalue weighted by Crippen LogP contribution is -2.44. The van der Waals surface area contributed by atoms with E-state index in [1.165, 1.54) is 5.56 Å². The van der Waals surface area contributed by atoms with E-state index >= 15 is 0 Å². The van der Waals surface area contributed by atoms with E-state index in [0.717, 1.165) is 16.8 Å². The first-order valence-corrected chi connectivity index (χ1v) is 6.36.